The smallest absolute Gasteiger partial charge is 0.277 e. The summed E-state index contributed by atoms with van der Waals surface area (Å²) in [5, 5.41) is 10.8. The van der Waals surface area contributed by atoms with Crippen LogP contribution in [-0.4, -0.2) is 15.2 Å². The Balaban J connectivity index is 1.69. The van der Waals surface area contributed by atoms with Gasteiger partial charge < -0.3 is 4.42 Å². The molecule has 0 saturated carbocycles. The highest BCUT2D eigenvalue weighted by molar-refractivity contribution is 7.99. The van der Waals surface area contributed by atoms with Gasteiger partial charge in [-0.3, -0.25) is 0 Å². The second-order valence-electron chi connectivity index (χ2n) is 4.92. The molecular formula is C15H13F2N3OS2. The summed E-state index contributed by atoms with van der Waals surface area (Å²) < 4.78 is 32.6. The van der Waals surface area contributed by atoms with Crippen LogP contribution in [0.2, 0.25) is 0 Å². The molecule has 2 heterocycles. The van der Waals surface area contributed by atoms with Crippen LogP contribution in [0.5, 0.6) is 0 Å². The second-order valence-corrected chi connectivity index (χ2v) is 7.28. The maximum Gasteiger partial charge on any atom is 0.277 e. The van der Waals surface area contributed by atoms with Crippen LogP contribution in [0.15, 0.2) is 33.2 Å². The quantitative estimate of drug-likeness (QED) is 0.630. The maximum absolute atomic E-state index is 13.8. The van der Waals surface area contributed by atoms with Crippen LogP contribution in [0.25, 0.3) is 0 Å². The molecule has 0 saturated heterocycles. The van der Waals surface area contributed by atoms with Crippen LogP contribution in [0.4, 0.5) is 8.78 Å². The average molecular weight is 353 g/mol. The molecule has 1 aromatic carbocycles. The Labute approximate surface area is 140 Å². The largest absolute Gasteiger partial charge is 0.416 e. The molecule has 0 bridgehead atoms. The lowest BCUT2D eigenvalue weighted by Gasteiger charge is -2.09. The molecule has 0 aliphatic heterocycles. The second kappa shape index (κ2) is 6.76. The summed E-state index contributed by atoms with van der Waals surface area (Å²) >= 11 is 2.75. The third-order valence-corrected chi connectivity index (χ3v) is 4.92. The standard InChI is InChI=1S/C15H13F2N3OS2/c1-8(12-5-10(16)3-4-13(12)17)23-15-20-19-14(21-15)6-11-7-22-9(2)18-11/h3-5,7-8H,6H2,1-2H3. The van der Waals surface area contributed by atoms with Crippen LogP contribution >= 0.6 is 23.1 Å². The molecule has 120 valence electrons. The highest BCUT2D eigenvalue weighted by Crippen LogP contribution is 2.35. The molecule has 4 nitrogen and oxygen atoms in total. The molecule has 0 amide bonds. The summed E-state index contributed by atoms with van der Waals surface area (Å²) in [6.45, 7) is 3.69. The molecule has 0 spiro atoms. The molecule has 2 aromatic heterocycles. The number of thioether (sulfide) groups is 1. The van der Waals surface area contributed by atoms with Crippen LogP contribution in [0, 0.1) is 18.6 Å². The number of hydrogen-bond donors (Lipinski definition) is 0. The molecule has 0 fully saturated rings. The van der Waals surface area contributed by atoms with E-state index >= 15 is 0 Å². The number of thiazole rings is 1. The van der Waals surface area contributed by atoms with Crippen molar-refractivity contribution in [3.05, 3.63) is 57.4 Å². The van der Waals surface area contributed by atoms with E-state index in [1.165, 1.54) is 17.8 Å². The molecule has 23 heavy (non-hydrogen) atoms. The summed E-state index contributed by atoms with van der Waals surface area (Å²) in [5.74, 6) is -0.479. The van der Waals surface area contributed by atoms with Crippen LogP contribution in [0.3, 0.4) is 0 Å². The first-order valence-corrected chi connectivity index (χ1v) is 8.62. The van der Waals surface area contributed by atoms with Crippen molar-refractivity contribution in [3.8, 4) is 0 Å². The molecule has 0 N–H and O–H groups in total. The third kappa shape index (κ3) is 3.94. The highest BCUT2D eigenvalue weighted by atomic mass is 32.2. The molecule has 0 aliphatic rings. The zero-order valence-corrected chi connectivity index (χ0v) is 14.0. The van der Waals surface area contributed by atoms with Crippen molar-refractivity contribution in [1.82, 2.24) is 15.2 Å². The fraction of sp³-hybridized carbons (Fsp3) is 0.267. The minimum atomic E-state index is -0.473. The predicted molar refractivity (Wildman–Crippen MR) is 84.6 cm³/mol. The molecule has 1 atom stereocenters. The van der Waals surface area contributed by atoms with Crippen molar-refractivity contribution in [3.63, 3.8) is 0 Å². The van der Waals surface area contributed by atoms with E-state index in [1.54, 1.807) is 18.3 Å². The van der Waals surface area contributed by atoms with E-state index in [0.29, 0.717) is 17.5 Å². The minimum Gasteiger partial charge on any atom is -0.416 e. The van der Waals surface area contributed by atoms with Gasteiger partial charge in [-0.1, -0.05) is 11.8 Å². The lowest BCUT2D eigenvalue weighted by molar-refractivity contribution is 0.418. The van der Waals surface area contributed by atoms with Gasteiger partial charge in [0.2, 0.25) is 5.89 Å². The van der Waals surface area contributed by atoms with Gasteiger partial charge in [0, 0.05) is 16.2 Å². The van der Waals surface area contributed by atoms with Crippen molar-refractivity contribution >= 4 is 23.1 Å². The van der Waals surface area contributed by atoms with Crippen molar-refractivity contribution in [2.24, 2.45) is 0 Å². The first-order chi connectivity index (χ1) is 11.0. The Bertz CT molecular complexity index is 819. The number of aryl methyl sites for hydroxylation is 1. The molecule has 1 unspecified atom stereocenters. The number of halogens is 2. The van der Waals surface area contributed by atoms with E-state index in [-0.39, 0.29) is 10.8 Å². The monoisotopic (exact) mass is 353 g/mol. The fourth-order valence-corrected chi connectivity index (χ4v) is 3.50. The molecule has 0 aliphatic carbocycles. The van der Waals surface area contributed by atoms with Crippen molar-refractivity contribution in [2.45, 2.75) is 30.7 Å². The Morgan fingerprint density at radius 2 is 2.13 bits per heavy atom. The number of rotatable bonds is 5. The van der Waals surface area contributed by atoms with Gasteiger partial charge in [-0.25, -0.2) is 13.8 Å². The van der Waals surface area contributed by atoms with Gasteiger partial charge in [0.25, 0.3) is 5.22 Å². The molecule has 8 heteroatoms. The number of benzene rings is 1. The topological polar surface area (TPSA) is 51.8 Å². The first kappa shape index (κ1) is 16.1. The van der Waals surface area contributed by atoms with Crippen LogP contribution in [-0.2, 0) is 6.42 Å². The maximum atomic E-state index is 13.8. The van der Waals surface area contributed by atoms with Gasteiger partial charge >= 0.3 is 0 Å². The zero-order chi connectivity index (χ0) is 16.4. The normalized spacial score (nSPS) is 12.5. The van der Waals surface area contributed by atoms with E-state index in [1.807, 2.05) is 12.3 Å². The number of nitrogens with zero attached hydrogens (tertiary/aromatic N) is 3. The Hall–Kier alpha value is -1.80. The van der Waals surface area contributed by atoms with Gasteiger partial charge in [-0.2, -0.15) is 0 Å². The molecule has 3 aromatic rings. The van der Waals surface area contributed by atoms with E-state index in [2.05, 4.69) is 15.2 Å². The average Bonchev–Trinajstić information content (AvgIpc) is 3.11. The number of hydrogen-bond acceptors (Lipinski definition) is 6. The Morgan fingerprint density at radius 3 is 2.87 bits per heavy atom. The Morgan fingerprint density at radius 1 is 1.30 bits per heavy atom. The lowest BCUT2D eigenvalue weighted by Crippen LogP contribution is -1.94. The molecule has 0 radical (unpaired) electrons. The van der Waals surface area contributed by atoms with Gasteiger partial charge in [-0.15, -0.1) is 21.5 Å². The van der Waals surface area contributed by atoms with E-state index < -0.39 is 11.6 Å². The van der Waals surface area contributed by atoms with Crippen LogP contribution in [0.1, 0.15) is 34.3 Å². The van der Waals surface area contributed by atoms with E-state index in [4.69, 9.17) is 4.42 Å². The van der Waals surface area contributed by atoms with Crippen molar-refractivity contribution in [2.75, 3.05) is 0 Å². The van der Waals surface area contributed by atoms with Crippen molar-refractivity contribution < 1.29 is 13.2 Å². The van der Waals surface area contributed by atoms with E-state index in [0.717, 1.165) is 22.8 Å². The van der Waals surface area contributed by atoms with Gasteiger partial charge in [0.1, 0.15) is 11.6 Å². The zero-order valence-electron chi connectivity index (χ0n) is 12.4. The third-order valence-electron chi connectivity index (χ3n) is 3.12. The van der Waals surface area contributed by atoms with Gasteiger partial charge in [0.15, 0.2) is 0 Å². The van der Waals surface area contributed by atoms with Crippen LogP contribution < -0.4 is 0 Å². The Kier molecular flexibility index (Phi) is 4.72. The predicted octanol–water partition coefficient (Wildman–Crippen LogP) is 4.56. The van der Waals surface area contributed by atoms with Gasteiger partial charge in [0.05, 0.1) is 17.1 Å². The minimum absolute atomic E-state index is 0.268. The summed E-state index contributed by atoms with van der Waals surface area (Å²) in [6.07, 6.45) is 0.459. The van der Waals surface area contributed by atoms with Gasteiger partial charge in [-0.05, 0) is 32.0 Å². The lowest BCUT2D eigenvalue weighted by atomic mass is 10.1. The molecular weight excluding hydrogens is 340 g/mol. The SMILES string of the molecule is Cc1nc(Cc2nnc(SC(C)c3cc(F)ccc3F)o2)cs1. The summed E-state index contributed by atoms with van der Waals surface area (Å²) in [5.41, 5.74) is 1.14. The van der Waals surface area contributed by atoms with E-state index in [9.17, 15) is 8.78 Å². The summed E-state index contributed by atoms with van der Waals surface area (Å²) in [4.78, 5) is 4.34. The summed E-state index contributed by atoms with van der Waals surface area (Å²) in [7, 11) is 0. The molecule has 3 rings (SSSR count). The first-order valence-electron chi connectivity index (χ1n) is 6.86. The summed E-state index contributed by atoms with van der Waals surface area (Å²) in [6, 6.07) is 3.39. The fourth-order valence-electron chi connectivity index (χ4n) is 2.04. The highest BCUT2D eigenvalue weighted by Gasteiger charge is 2.17. The van der Waals surface area contributed by atoms with Crippen molar-refractivity contribution in [1.29, 1.82) is 0 Å². The number of aromatic nitrogens is 3.